The summed E-state index contributed by atoms with van der Waals surface area (Å²) in [5, 5.41) is 0.670. The van der Waals surface area contributed by atoms with Gasteiger partial charge in [0.15, 0.2) is 5.76 Å². The molecule has 0 unspecified atom stereocenters. The van der Waals surface area contributed by atoms with Crippen molar-refractivity contribution in [1.29, 1.82) is 0 Å². The van der Waals surface area contributed by atoms with Crippen molar-refractivity contribution in [3.05, 3.63) is 56.5 Å². The molecule has 0 N–H and O–H groups in total. The summed E-state index contributed by atoms with van der Waals surface area (Å²) >= 11 is 20.2. The minimum absolute atomic E-state index is 0.132. The molecular weight excluding hydrogens is 415 g/mol. The van der Waals surface area contributed by atoms with Crippen LogP contribution in [0.4, 0.5) is 0 Å². The Morgan fingerprint density at radius 3 is 2.65 bits per heavy atom. The van der Waals surface area contributed by atoms with Crippen LogP contribution in [0.25, 0.3) is 10.7 Å². The molecular formula is C18H15Cl3N2O2S. The summed E-state index contributed by atoms with van der Waals surface area (Å²) in [6, 6.07) is 3.79. The molecule has 0 atom stereocenters. The van der Waals surface area contributed by atoms with Crippen molar-refractivity contribution >= 4 is 63.2 Å². The average Bonchev–Trinajstić information content (AvgIpc) is 2.59. The number of thioether (sulfide) groups is 1. The zero-order chi connectivity index (χ0) is 19.1. The Hall–Kier alpha value is -1.27. The van der Waals surface area contributed by atoms with Crippen LogP contribution in [0, 0.1) is 5.41 Å². The molecule has 0 spiro atoms. The van der Waals surface area contributed by atoms with Crippen molar-refractivity contribution < 1.29 is 9.53 Å². The van der Waals surface area contributed by atoms with Gasteiger partial charge in [-0.2, -0.15) is 0 Å². The van der Waals surface area contributed by atoms with Crippen LogP contribution in [0.1, 0.15) is 37.6 Å². The first-order chi connectivity index (χ1) is 12.2. The van der Waals surface area contributed by atoms with Gasteiger partial charge in [-0.25, -0.2) is 4.98 Å². The molecule has 2 aromatic rings. The number of nitrogens with zero attached hydrogens (tertiary/aromatic N) is 2. The van der Waals surface area contributed by atoms with E-state index < -0.39 is 5.41 Å². The highest BCUT2D eigenvalue weighted by Crippen LogP contribution is 2.48. The third kappa shape index (κ3) is 3.72. The van der Waals surface area contributed by atoms with Crippen LogP contribution in [0.15, 0.2) is 24.5 Å². The van der Waals surface area contributed by atoms with Crippen LogP contribution in [0.2, 0.25) is 15.2 Å². The van der Waals surface area contributed by atoms with E-state index in [-0.39, 0.29) is 16.1 Å². The molecule has 8 heteroatoms. The van der Waals surface area contributed by atoms with Crippen LogP contribution in [-0.4, -0.2) is 15.9 Å². The number of halogens is 3. The van der Waals surface area contributed by atoms with Crippen LogP contribution in [0.5, 0.6) is 0 Å². The zero-order valence-electron chi connectivity index (χ0n) is 14.3. The first kappa shape index (κ1) is 19.5. The number of hydrogen-bond acceptors (Lipinski definition) is 5. The van der Waals surface area contributed by atoms with E-state index in [0.29, 0.717) is 32.7 Å². The van der Waals surface area contributed by atoms with Crippen LogP contribution >= 0.6 is 46.6 Å². The Labute approximate surface area is 170 Å². The number of pyridine rings is 2. The first-order valence-corrected chi connectivity index (χ1v) is 9.85. The molecule has 26 heavy (non-hydrogen) atoms. The Balaban J connectivity index is 2.24. The molecule has 2 aromatic heterocycles. The second kappa shape index (κ2) is 7.39. The van der Waals surface area contributed by atoms with Crippen LogP contribution in [0.3, 0.4) is 0 Å². The molecule has 1 aliphatic rings. The summed E-state index contributed by atoms with van der Waals surface area (Å²) in [7, 11) is 0. The lowest BCUT2D eigenvalue weighted by molar-refractivity contribution is -0.145. The van der Waals surface area contributed by atoms with Crippen molar-refractivity contribution in [1.82, 2.24) is 9.97 Å². The number of ether oxygens (including phenoxy) is 1. The van der Waals surface area contributed by atoms with Crippen LogP contribution < -0.4 is 0 Å². The maximum atomic E-state index is 12.6. The molecule has 3 heterocycles. The van der Waals surface area contributed by atoms with Crippen LogP contribution in [-0.2, 0) is 15.3 Å². The van der Waals surface area contributed by atoms with Crippen molar-refractivity contribution in [2.45, 2.75) is 26.5 Å². The van der Waals surface area contributed by atoms with Crippen molar-refractivity contribution in [2.24, 2.45) is 5.41 Å². The number of hydrogen-bond donors (Lipinski definition) is 0. The fourth-order valence-electron chi connectivity index (χ4n) is 2.26. The molecule has 0 bridgehead atoms. The third-order valence-corrected chi connectivity index (χ3v) is 5.82. The Kier molecular flexibility index (Phi) is 5.54. The molecule has 0 aromatic carbocycles. The minimum Gasteiger partial charge on any atom is -0.423 e. The van der Waals surface area contributed by atoms with Gasteiger partial charge >= 0.3 is 5.97 Å². The number of rotatable bonds is 2. The molecule has 0 aliphatic carbocycles. The third-order valence-electron chi connectivity index (χ3n) is 3.65. The second-order valence-electron chi connectivity index (χ2n) is 6.68. The van der Waals surface area contributed by atoms with Gasteiger partial charge in [-0.1, -0.05) is 40.9 Å². The highest BCUT2D eigenvalue weighted by atomic mass is 35.5. The largest absolute Gasteiger partial charge is 0.423 e. The first-order valence-electron chi connectivity index (χ1n) is 7.73. The van der Waals surface area contributed by atoms with Gasteiger partial charge in [0.2, 0.25) is 0 Å². The summed E-state index contributed by atoms with van der Waals surface area (Å²) in [5.41, 5.74) is 1.37. The summed E-state index contributed by atoms with van der Waals surface area (Å²) in [6.45, 7) is 5.36. The SMILES string of the molecule is CC(C)(C)C(=O)OC1=C(c2c(Cl)cnc(Cl)c2Cl)SCc2cccnc21. The predicted octanol–water partition coefficient (Wildman–Crippen LogP) is 6.10. The highest BCUT2D eigenvalue weighted by molar-refractivity contribution is 8.08. The van der Waals surface area contributed by atoms with E-state index in [1.54, 1.807) is 27.0 Å². The molecule has 0 radical (unpaired) electrons. The second-order valence-corrected chi connectivity index (χ2v) is 8.81. The maximum absolute atomic E-state index is 12.6. The van der Waals surface area contributed by atoms with E-state index in [0.717, 1.165) is 5.56 Å². The lowest BCUT2D eigenvalue weighted by Crippen LogP contribution is -2.23. The topological polar surface area (TPSA) is 52.1 Å². The molecule has 1 aliphatic heterocycles. The van der Waals surface area contributed by atoms with Gasteiger partial charge in [0.1, 0.15) is 10.8 Å². The molecule has 4 nitrogen and oxygen atoms in total. The van der Waals surface area contributed by atoms with Gasteiger partial charge in [-0.05, 0) is 32.4 Å². The van der Waals surface area contributed by atoms with Gasteiger partial charge in [0.05, 0.1) is 20.4 Å². The molecule has 0 fully saturated rings. The van der Waals surface area contributed by atoms with Gasteiger partial charge < -0.3 is 4.74 Å². The van der Waals surface area contributed by atoms with E-state index in [1.165, 1.54) is 18.0 Å². The zero-order valence-corrected chi connectivity index (χ0v) is 17.4. The van der Waals surface area contributed by atoms with Crippen molar-refractivity contribution in [2.75, 3.05) is 0 Å². The molecule has 0 saturated carbocycles. The number of carbonyl (C=O) groups is 1. The molecule has 0 amide bonds. The Morgan fingerprint density at radius 1 is 1.23 bits per heavy atom. The van der Waals surface area contributed by atoms with Gasteiger partial charge in [-0.15, -0.1) is 11.8 Å². The average molecular weight is 430 g/mol. The number of carbonyl (C=O) groups excluding carboxylic acids is 1. The van der Waals surface area contributed by atoms with Gasteiger partial charge in [0, 0.05) is 23.7 Å². The predicted molar refractivity (Wildman–Crippen MR) is 107 cm³/mol. The monoisotopic (exact) mass is 428 g/mol. The van der Waals surface area contributed by atoms with E-state index >= 15 is 0 Å². The van der Waals surface area contributed by atoms with Gasteiger partial charge in [-0.3, -0.25) is 9.78 Å². The number of esters is 1. The smallest absolute Gasteiger partial charge is 0.316 e. The minimum atomic E-state index is -0.682. The van der Waals surface area contributed by atoms with E-state index in [9.17, 15) is 4.79 Å². The number of aromatic nitrogens is 2. The summed E-state index contributed by atoms with van der Waals surface area (Å²) < 4.78 is 5.78. The van der Waals surface area contributed by atoms with Crippen molar-refractivity contribution in [3.8, 4) is 0 Å². The normalized spacial score (nSPS) is 14.2. The fraction of sp³-hybridized carbons (Fsp3) is 0.278. The summed E-state index contributed by atoms with van der Waals surface area (Å²) in [4.78, 5) is 21.5. The number of fused-ring (bicyclic) bond motifs is 1. The van der Waals surface area contributed by atoms with Gasteiger partial charge in [0.25, 0.3) is 0 Å². The van der Waals surface area contributed by atoms with E-state index in [1.807, 2.05) is 12.1 Å². The fourth-order valence-corrected chi connectivity index (χ4v) is 4.20. The lowest BCUT2D eigenvalue weighted by Gasteiger charge is -2.25. The Bertz CT molecular complexity index is 923. The van der Waals surface area contributed by atoms with E-state index in [2.05, 4.69) is 9.97 Å². The summed E-state index contributed by atoms with van der Waals surface area (Å²) in [6.07, 6.45) is 3.08. The maximum Gasteiger partial charge on any atom is 0.316 e. The standard InChI is InChI=1S/C18H15Cl3N2O2S/c1-18(2,3)17(24)25-14-13-9(5-4-6-22-13)8-26-15(14)11-10(19)7-23-16(21)12(11)20/h4-7H,8H2,1-3H3. The lowest BCUT2D eigenvalue weighted by atomic mass is 9.97. The summed E-state index contributed by atoms with van der Waals surface area (Å²) in [5.74, 6) is 0.598. The molecule has 0 saturated heterocycles. The Morgan fingerprint density at radius 2 is 1.96 bits per heavy atom. The molecule has 3 rings (SSSR count). The van der Waals surface area contributed by atoms with Crippen molar-refractivity contribution in [3.63, 3.8) is 0 Å². The van der Waals surface area contributed by atoms with E-state index in [4.69, 9.17) is 39.5 Å². The quantitative estimate of drug-likeness (QED) is 0.426. The highest BCUT2D eigenvalue weighted by Gasteiger charge is 2.32. The molecule has 136 valence electrons.